The first kappa shape index (κ1) is 10.3. The van der Waals surface area contributed by atoms with Crippen molar-refractivity contribution in [2.45, 2.75) is 46.0 Å². The predicted molar refractivity (Wildman–Crippen MR) is 44.4 cm³/mol. The Morgan fingerprint density at radius 1 is 0.909 bits per heavy atom. The zero-order valence-electron chi connectivity index (χ0n) is 7.35. The number of Topliss-reactive ketones (excluding diaryl/α,β-unsaturated/α-hetero) is 2. The van der Waals surface area contributed by atoms with Gasteiger partial charge in [0.2, 0.25) is 0 Å². The molecule has 0 aliphatic rings. The fourth-order valence-electron chi connectivity index (χ4n) is 0.859. The zero-order chi connectivity index (χ0) is 8.69. The second kappa shape index (κ2) is 6.08. The lowest BCUT2D eigenvalue weighted by Gasteiger charge is -1.96. The largest absolute Gasteiger partial charge is 0.300 e. The van der Waals surface area contributed by atoms with Gasteiger partial charge in [-0.1, -0.05) is 13.8 Å². The molecule has 0 heterocycles. The normalized spacial score (nSPS) is 9.64. The van der Waals surface area contributed by atoms with Crippen LogP contribution in [0.5, 0.6) is 0 Å². The van der Waals surface area contributed by atoms with E-state index in [2.05, 4.69) is 0 Å². The Labute approximate surface area is 68.0 Å². The summed E-state index contributed by atoms with van der Waals surface area (Å²) in [5.41, 5.74) is 0. The van der Waals surface area contributed by atoms with Crippen molar-refractivity contribution >= 4 is 11.6 Å². The standard InChI is InChI=1S/C9H16O2/c1-3-5-9(11)7-6-8(10)4-2/h3-7H2,1-2H3. The lowest BCUT2D eigenvalue weighted by Crippen LogP contribution is -2.02. The van der Waals surface area contributed by atoms with E-state index in [1.54, 1.807) is 0 Å². The van der Waals surface area contributed by atoms with Gasteiger partial charge in [0, 0.05) is 25.7 Å². The summed E-state index contributed by atoms with van der Waals surface area (Å²) in [7, 11) is 0. The first-order valence-electron chi connectivity index (χ1n) is 4.24. The smallest absolute Gasteiger partial charge is 0.133 e. The van der Waals surface area contributed by atoms with Crippen LogP contribution in [0, 0.1) is 0 Å². The highest BCUT2D eigenvalue weighted by Crippen LogP contribution is 2.00. The summed E-state index contributed by atoms with van der Waals surface area (Å²) in [5, 5.41) is 0. The number of hydrogen-bond acceptors (Lipinski definition) is 2. The molecule has 2 heteroatoms. The maximum absolute atomic E-state index is 10.9. The highest BCUT2D eigenvalue weighted by atomic mass is 16.1. The number of hydrogen-bond donors (Lipinski definition) is 0. The van der Waals surface area contributed by atoms with Gasteiger partial charge in [-0.25, -0.2) is 0 Å². The number of carbonyl (C=O) groups excluding carboxylic acids is 2. The van der Waals surface area contributed by atoms with Crippen LogP contribution in [0.2, 0.25) is 0 Å². The van der Waals surface area contributed by atoms with Crippen molar-refractivity contribution in [3.8, 4) is 0 Å². The third-order valence-corrected chi connectivity index (χ3v) is 1.61. The van der Waals surface area contributed by atoms with E-state index in [0.717, 1.165) is 6.42 Å². The van der Waals surface area contributed by atoms with Gasteiger partial charge in [-0.3, -0.25) is 9.59 Å². The third kappa shape index (κ3) is 5.77. The van der Waals surface area contributed by atoms with Crippen LogP contribution in [0.1, 0.15) is 46.0 Å². The molecule has 0 bridgehead atoms. The average molecular weight is 156 g/mol. The quantitative estimate of drug-likeness (QED) is 0.590. The molecule has 11 heavy (non-hydrogen) atoms. The van der Waals surface area contributed by atoms with Gasteiger partial charge in [0.15, 0.2) is 0 Å². The summed E-state index contributed by atoms with van der Waals surface area (Å²) >= 11 is 0. The lowest BCUT2D eigenvalue weighted by molar-refractivity contribution is -0.124. The second-order valence-electron chi connectivity index (χ2n) is 2.68. The van der Waals surface area contributed by atoms with Crippen molar-refractivity contribution < 1.29 is 9.59 Å². The summed E-state index contributed by atoms with van der Waals surface area (Å²) in [6.07, 6.45) is 2.95. The lowest BCUT2D eigenvalue weighted by atomic mass is 10.1. The Morgan fingerprint density at radius 3 is 1.91 bits per heavy atom. The van der Waals surface area contributed by atoms with Crippen molar-refractivity contribution in [1.82, 2.24) is 0 Å². The minimum atomic E-state index is 0.189. The van der Waals surface area contributed by atoms with Crippen LogP contribution in [-0.4, -0.2) is 11.6 Å². The number of ketones is 2. The third-order valence-electron chi connectivity index (χ3n) is 1.61. The molecule has 64 valence electrons. The summed E-state index contributed by atoms with van der Waals surface area (Å²) < 4.78 is 0. The topological polar surface area (TPSA) is 34.1 Å². The van der Waals surface area contributed by atoms with Gasteiger partial charge < -0.3 is 0 Å². The molecule has 0 aromatic heterocycles. The van der Waals surface area contributed by atoms with Crippen LogP contribution in [0.15, 0.2) is 0 Å². The van der Waals surface area contributed by atoms with Gasteiger partial charge >= 0.3 is 0 Å². The minimum absolute atomic E-state index is 0.189. The summed E-state index contributed by atoms with van der Waals surface area (Å²) in [6.45, 7) is 3.80. The Hall–Kier alpha value is -0.660. The first-order valence-corrected chi connectivity index (χ1v) is 4.24. The molecule has 0 aliphatic carbocycles. The Bertz CT molecular complexity index is 138. The van der Waals surface area contributed by atoms with Crippen LogP contribution < -0.4 is 0 Å². The highest BCUT2D eigenvalue weighted by Gasteiger charge is 2.03. The Balaban J connectivity index is 3.38. The fraction of sp³-hybridized carbons (Fsp3) is 0.778. The Kier molecular flexibility index (Phi) is 5.71. The van der Waals surface area contributed by atoms with E-state index in [1.807, 2.05) is 13.8 Å². The molecular weight excluding hydrogens is 140 g/mol. The SMILES string of the molecule is CCCC(=O)CCC(=O)CC. The molecular formula is C9H16O2. The second-order valence-corrected chi connectivity index (χ2v) is 2.68. The van der Waals surface area contributed by atoms with E-state index < -0.39 is 0 Å². The van der Waals surface area contributed by atoms with Gasteiger partial charge in [0.1, 0.15) is 11.6 Å². The molecule has 0 aromatic carbocycles. The monoisotopic (exact) mass is 156 g/mol. The minimum Gasteiger partial charge on any atom is -0.300 e. The van der Waals surface area contributed by atoms with E-state index in [1.165, 1.54) is 0 Å². The predicted octanol–water partition coefficient (Wildman–Crippen LogP) is 2.11. The summed E-state index contributed by atoms with van der Waals surface area (Å²) in [4.78, 5) is 21.7. The van der Waals surface area contributed by atoms with Crippen LogP contribution in [-0.2, 0) is 9.59 Å². The van der Waals surface area contributed by atoms with Gasteiger partial charge in [0.25, 0.3) is 0 Å². The molecule has 0 rings (SSSR count). The molecule has 0 aromatic rings. The van der Waals surface area contributed by atoms with Crippen LogP contribution in [0.4, 0.5) is 0 Å². The molecule has 0 atom stereocenters. The van der Waals surface area contributed by atoms with E-state index in [-0.39, 0.29) is 11.6 Å². The van der Waals surface area contributed by atoms with Crippen LogP contribution in [0.3, 0.4) is 0 Å². The molecule has 0 fully saturated rings. The first-order chi connectivity index (χ1) is 5.20. The van der Waals surface area contributed by atoms with Gasteiger partial charge in [0.05, 0.1) is 0 Å². The molecule has 0 saturated carbocycles. The molecule has 0 radical (unpaired) electrons. The average Bonchev–Trinajstić information content (AvgIpc) is 2.01. The van der Waals surface area contributed by atoms with Crippen LogP contribution >= 0.6 is 0 Å². The number of rotatable bonds is 6. The molecule has 0 N–H and O–H groups in total. The van der Waals surface area contributed by atoms with Crippen molar-refractivity contribution in [3.05, 3.63) is 0 Å². The Morgan fingerprint density at radius 2 is 1.45 bits per heavy atom. The fourth-order valence-corrected chi connectivity index (χ4v) is 0.859. The van der Waals surface area contributed by atoms with Gasteiger partial charge in [-0.15, -0.1) is 0 Å². The zero-order valence-corrected chi connectivity index (χ0v) is 7.35. The maximum atomic E-state index is 10.9. The molecule has 0 unspecified atom stereocenters. The van der Waals surface area contributed by atoms with Gasteiger partial charge in [-0.05, 0) is 6.42 Å². The molecule has 0 amide bonds. The van der Waals surface area contributed by atoms with Gasteiger partial charge in [-0.2, -0.15) is 0 Å². The summed E-state index contributed by atoms with van der Waals surface area (Å²) in [6, 6.07) is 0. The van der Waals surface area contributed by atoms with E-state index in [4.69, 9.17) is 0 Å². The summed E-state index contributed by atoms with van der Waals surface area (Å²) in [5.74, 6) is 0.406. The van der Waals surface area contributed by atoms with Crippen molar-refractivity contribution in [2.75, 3.05) is 0 Å². The molecule has 0 saturated heterocycles. The van der Waals surface area contributed by atoms with Crippen molar-refractivity contribution in [3.63, 3.8) is 0 Å². The molecule has 0 spiro atoms. The maximum Gasteiger partial charge on any atom is 0.133 e. The van der Waals surface area contributed by atoms with E-state index in [0.29, 0.717) is 25.7 Å². The van der Waals surface area contributed by atoms with E-state index in [9.17, 15) is 9.59 Å². The highest BCUT2D eigenvalue weighted by molar-refractivity contribution is 5.85. The van der Waals surface area contributed by atoms with Crippen molar-refractivity contribution in [1.29, 1.82) is 0 Å². The van der Waals surface area contributed by atoms with Crippen molar-refractivity contribution in [2.24, 2.45) is 0 Å². The molecule has 2 nitrogen and oxygen atoms in total. The molecule has 0 aliphatic heterocycles. The van der Waals surface area contributed by atoms with Crippen LogP contribution in [0.25, 0.3) is 0 Å². The van der Waals surface area contributed by atoms with E-state index >= 15 is 0 Å². The number of carbonyl (C=O) groups is 2.